The standard InChI is InChI=1S/C13H18ClN3/c14-12-7-3-2-6-11(12)10-16-13(15)17-8-4-1-5-9-17/h2-3,6-7H,1,4-5,8-10H2,(H2,15,16). The van der Waals surface area contributed by atoms with Gasteiger partial charge in [0.1, 0.15) is 0 Å². The van der Waals surface area contributed by atoms with E-state index in [1.807, 2.05) is 24.3 Å². The van der Waals surface area contributed by atoms with Crippen LogP contribution in [0.4, 0.5) is 0 Å². The second-order valence-electron chi connectivity index (χ2n) is 4.31. The van der Waals surface area contributed by atoms with Crippen molar-refractivity contribution in [1.29, 1.82) is 0 Å². The minimum absolute atomic E-state index is 0.558. The normalized spacial score (nSPS) is 17.2. The van der Waals surface area contributed by atoms with Crippen LogP contribution in [0.2, 0.25) is 5.02 Å². The smallest absolute Gasteiger partial charge is 0.191 e. The van der Waals surface area contributed by atoms with Crippen LogP contribution >= 0.6 is 11.6 Å². The number of likely N-dealkylation sites (tertiary alicyclic amines) is 1. The van der Waals surface area contributed by atoms with E-state index in [4.69, 9.17) is 17.3 Å². The summed E-state index contributed by atoms with van der Waals surface area (Å²) >= 11 is 6.07. The van der Waals surface area contributed by atoms with Gasteiger partial charge in [0, 0.05) is 18.1 Å². The summed E-state index contributed by atoms with van der Waals surface area (Å²) in [6, 6.07) is 7.75. The van der Waals surface area contributed by atoms with Gasteiger partial charge in [-0.15, -0.1) is 0 Å². The zero-order valence-corrected chi connectivity index (χ0v) is 10.7. The molecule has 1 aromatic carbocycles. The van der Waals surface area contributed by atoms with Crippen LogP contribution < -0.4 is 5.73 Å². The summed E-state index contributed by atoms with van der Waals surface area (Å²) < 4.78 is 0. The SMILES string of the molecule is NC(=NCc1ccccc1Cl)N1CCCCC1. The van der Waals surface area contributed by atoms with Crippen LogP contribution in [-0.4, -0.2) is 23.9 Å². The molecule has 17 heavy (non-hydrogen) atoms. The van der Waals surface area contributed by atoms with Gasteiger partial charge in [-0.05, 0) is 30.9 Å². The molecular formula is C13H18ClN3. The first-order valence-electron chi connectivity index (χ1n) is 6.05. The fourth-order valence-corrected chi connectivity index (χ4v) is 2.21. The largest absolute Gasteiger partial charge is 0.370 e. The summed E-state index contributed by atoms with van der Waals surface area (Å²) in [6.07, 6.45) is 3.72. The molecule has 3 nitrogen and oxygen atoms in total. The predicted molar refractivity (Wildman–Crippen MR) is 72.2 cm³/mol. The van der Waals surface area contributed by atoms with Crippen molar-refractivity contribution in [2.45, 2.75) is 25.8 Å². The number of nitrogens with two attached hydrogens (primary N) is 1. The van der Waals surface area contributed by atoms with Crippen molar-refractivity contribution in [3.63, 3.8) is 0 Å². The first-order chi connectivity index (χ1) is 8.27. The lowest BCUT2D eigenvalue weighted by atomic mass is 10.1. The highest BCUT2D eigenvalue weighted by molar-refractivity contribution is 6.31. The van der Waals surface area contributed by atoms with Crippen molar-refractivity contribution in [2.24, 2.45) is 10.7 Å². The van der Waals surface area contributed by atoms with E-state index in [1.165, 1.54) is 19.3 Å². The van der Waals surface area contributed by atoms with Crippen molar-refractivity contribution in [3.05, 3.63) is 34.9 Å². The maximum atomic E-state index is 6.07. The van der Waals surface area contributed by atoms with Gasteiger partial charge in [0.05, 0.1) is 6.54 Å². The molecule has 1 saturated heterocycles. The average Bonchev–Trinajstić information content (AvgIpc) is 2.38. The Hall–Kier alpha value is -1.22. The van der Waals surface area contributed by atoms with Gasteiger partial charge in [-0.1, -0.05) is 29.8 Å². The lowest BCUT2D eigenvalue weighted by Gasteiger charge is -2.27. The molecule has 0 atom stereocenters. The summed E-state index contributed by atoms with van der Waals surface area (Å²) in [6.45, 7) is 2.61. The molecule has 0 bridgehead atoms. The van der Waals surface area contributed by atoms with E-state index in [-0.39, 0.29) is 0 Å². The number of aliphatic imine (C=N–C) groups is 1. The van der Waals surface area contributed by atoms with Crippen molar-refractivity contribution >= 4 is 17.6 Å². The number of benzene rings is 1. The molecule has 2 N–H and O–H groups in total. The number of halogens is 1. The van der Waals surface area contributed by atoms with E-state index >= 15 is 0 Å². The predicted octanol–water partition coefficient (Wildman–Crippen LogP) is 2.64. The summed E-state index contributed by atoms with van der Waals surface area (Å²) in [5.41, 5.74) is 7.00. The monoisotopic (exact) mass is 251 g/mol. The van der Waals surface area contributed by atoms with Gasteiger partial charge < -0.3 is 10.6 Å². The van der Waals surface area contributed by atoms with Gasteiger partial charge >= 0.3 is 0 Å². The van der Waals surface area contributed by atoms with E-state index in [0.717, 1.165) is 23.7 Å². The summed E-state index contributed by atoms with van der Waals surface area (Å²) in [5.74, 6) is 0.643. The van der Waals surface area contributed by atoms with Crippen LogP contribution in [0.25, 0.3) is 0 Å². The quantitative estimate of drug-likeness (QED) is 0.649. The van der Waals surface area contributed by atoms with Crippen molar-refractivity contribution in [1.82, 2.24) is 4.90 Å². The Kier molecular flexibility index (Phi) is 4.26. The minimum atomic E-state index is 0.558. The molecule has 0 saturated carbocycles. The van der Waals surface area contributed by atoms with E-state index in [2.05, 4.69) is 9.89 Å². The van der Waals surface area contributed by atoms with Gasteiger partial charge in [0.2, 0.25) is 0 Å². The highest BCUT2D eigenvalue weighted by Crippen LogP contribution is 2.16. The fourth-order valence-electron chi connectivity index (χ4n) is 2.02. The Morgan fingerprint density at radius 3 is 2.65 bits per heavy atom. The Morgan fingerprint density at radius 1 is 1.24 bits per heavy atom. The number of guanidine groups is 1. The first-order valence-corrected chi connectivity index (χ1v) is 6.43. The molecule has 0 unspecified atom stereocenters. The van der Waals surface area contributed by atoms with Crippen molar-refractivity contribution in [2.75, 3.05) is 13.1 Å². The highest BCUT2D eigenvalue weighted by Gasteiger charge is 2.11. The Balaban J connectivity index is 1.97. The molecule has 92 valence electrons. The molecule has 1 fully saturated rings. The Bertz CT molecular complexity index is 397. The highest BCUT2D eigenvalue weighted by atomic mass is 35.5. The molecule has 1 aliphatic heterocycles. The lowest BCUT2D eigenvalue weighted by Crippen LogP contribution is -2.40. The van der Waals surface area contributed by atoms with Crippen LogP contribution in [0.5, 0.6) is 0 Å². The lowest BCUT2D eigenvalue weighted by molar-refractivity contribution is 0.338. The number of hydrogen-bond acceptors (Lipinski definition) is 1. The fraction of sp³-hybridized carbons (Fsp3) is 0.462. The number of nitrogens with zero attached hydrogens (tertiary/aromatic N) is 2. The minimum Gasteiger partial charge on any atom is -0.370 e. The first kappa shape index (κ1) is 12.2. The van der Waals surface area contributed by atoms with E-state index in [9.17, 15) is 0 Å². The molecule has 0 aromatic heterocycles. The van der Waals surface area contributed by atoms with Crippen LogP contribution in [-0.2, 0) is 6.54 Å². The van der Waals surface area contributed by atoms with E-state index < -0.39 is 0 Å². The van der Waals surface area contributed by atoms with Gasteiger partial charge in [0.25, 0.3) is 0 Å². The molecule has 2 rings (SSSR count). The van der Waals surface area contributed by atoms with Gasteiger partial charge in [0.15, 0.2) is 5.96 Å². The Labute approximate surface area is 107 Å². The van der Waals surface area contributed by atoms with Crippen molar-refractivity contribution < 1.29 is 0 Å². The molecule has 1 aliphatic rings. The van der Waals surface area contributed by atoms with E-state index in [1.54, 1.807) is 0 Å². The molecule has 0 aliphatic carbocycles. The summed E-state index contributed by atoms with van der Waals surface area (Å²) in [7, 11) is 0. The second-order valence-corrected chi connectivity index (χ2v) is 4.72. The van der Waals surface area contributed by atoms with Crippen LogP contribution in [0, 0.1) is 0 Å². The molecule has 1 aromatic rings. The average molecular weight is 252 g/mol. The molecule has 0 spiro atoms. The number of hydrogen-bond donors (Lipinski definition) is 1. The van der Waals surface area contributed by atoms with E-state index in [0.29, 0.717) is 12.5 Å². The number of piperidine rings is 1. The second kappa shape index (κ2) is 5.92. The van der Waals surface area contributed by atoms with Gasteiger partial charge in [-0.3, -0.25) is 0 Å². The molecule has 1 heterocycles. The van der Waals surface area contributed by atoms with Crippen LogP contribution in [0.3, 0.4) is 0 Å². The summed E-state index contributed by atoms with van der Waals surface area (Å²) in [4.78, 5) is 6.57. The molecule has 4 heteroatoms. The maximum Gasteiger partial charge on any atom is 0.191 e. The van der Waals surface area contributed by atoms with Gasteiger partial charge in [-0.2, -0.15) is 0 Å². The summed E-state index contributed by atoms with van der Waals surface area (Å²) in [5, 5.41) is 0.752. The molecule has 0 amide bonds. The topological polar surface area (TPSA) is 41.6 Å². The zero-order valence-electron chi connectivity index (χ0n) is 9.90. The van der Waals surface area contributed by atoms with Crippen LogP contribution in [0.1, 0.15) is 24.8 Å². The molecule has 0 radical (unpaired) electrons. The van der Waals surface area contributed by atoms with Crippen LogP contribution in [0.15, 0.2) is 29.3 Å². The Morgan fingerprint density at radius 2 is 1.94 bits per heavy atom. The van der Waals surface area contributed by atoms with Crippen molar-refractivity contribution in [3.8, 4) is 0 Å². The molecular weight excluding hydrogens is 234 g/mol. The third-order valence-electron chi connectivity index (χ3n) is 3.05. The third-order valence-corrected chi connectivity index (χ3v) is 3.42. The van der Waals surface area contributed by atoms with Gasteiger partial charge in [-0.25, -0.2) is 4.99 Å². The maximum absolute atomic E-state index is 6.07. The zero-order chi connectivity index (χ0) is 12.1. The third kappa shape index (κ3) is 3.37. The number of rotatable bonds is 2.